The minimum absolute atomic E-state index is 0.282. The minimum atomic E-state index is 0.282. The van der Waals surface area contributed by atoms with E-state index in [2.05, 4.69) is 52.3 Å². The zero-order chi connectivity index (χ0) is 17.1. The van der Waals surface area contributed by atoms with E-state index in [4.69, 9.17) is 0 Å². The average Bonchev–Trinajstić information content (AvgIpc) is 3.21. The van der Waals surface area contributed by atoms with Crippen LogP contribution in [0.2, 0.25) is 0 Å². The molecule has 1 saturated carbocycles. The van der Waals surface area contributed by atoms with E-state index < -0.39 is 0 Å². The number of benzene rings is 2. The molecule has 3 nitrogen and oxygen atoms in total. The van der Waals surface area contributed by atoms with Crippen LogP contribution < -0.4 is 0 Å². The number of hydrogen-bond donors (Lipinski definition) is 0. The summed E-state index contributed by atoms with van der Waals surface area (Å²) in [6.45, 7) is 3.90. The number of carbonyl (C=O) groups is 1. The molecule has 132 valence electrons. The fourth-order valence-electron chi connectivity index (χ4n) is 4.10. The molecule has 0 unspecified atom stereocenters. The van der Waals surface area contributed by atoms with Crippen LogP contribution in [0.5, 0.6) is 0 Å². The molecule has 0 spiro atoms. The minimum Gasteiger partial charge on any atom is -0.339 e. The summed E-state index contributed by atoms with van der Waals surface area (Å²) in [7, 11) is 0. The van der Waals surface area contributed by atoms with Gasteiger partial charge in [-0.05, 0) is 35.7 Å². The van der Waals surface area contributed by atoms with Gasteiger partial charge in [-0.3, -0.25) is 9.69 Å². The molecule has 2 aromatic rings. The fourth-order valence-corrected chi connectivity index (χ4v) is 4.95. The summed E-state index contributed by atoms with van der Waals surface area (Å²) < 4.78 is 0. The number of nitrogens with zero attached hydrogens (tertiary/aromatic N) is 2. The van der Waals surface area contributed by atoms with Gasteiger partial charge in [-0.1, -0.05) is 43.2 Å². The van der Waals surface area contributed by atoms with Crippen molar-refractivity contribution in [1.29, 1.82) is 0 Å². The summed E-state index contributed by atoms with van der Waals surface area (Å²) in [5.74, 6) is 0.825. The summed E-state index contributed by atoms with van der Waals surface area (Å²) in [5.41, 5.74) is 0. The molecule has 1 aliphatic heterocycles. The van der Waals surface area contributed by atoms with E-state index in [-0.39, 0.29) is 5.91 Å². The largest absolute Gasteiger partial charge is 0.339 e. The Kier molecular flexibility index (Phi) is 5.28. The lowest BCUT2D eigenvalue weighted by atomic mass is 10.1. The number of piperazine rings is 1. The van der Waals surface area contributed by atoms with Gasteiger partial charge in [0.15, 0.2) is 0 Å². The molecule has 4 heteroatoms. The van der Waals surface area contributed by atoms with E-state index in [1.54, 1.807) is 11.8 Å². The average molecular weight is 355 g/mol. The van der Waals surface area contributed by atoms with Crippen molar-refractivity contribution >= 4 is 28.4 Å². The summed E-state index contributed by atoms with van der Waals surface area (Å²) in [6.07, 6.45) is 5.47. The molecule has 2 aliphatic rings. The maximum atomic E-state index is 12.5. The third-order valence-corrected chi connectivity index (χ3v) is 6.57. The predicted octanol–water partition coefficient (Wildman–Crippen LogP) is 4.02. The van der Waals surface area contributed by atoms with Crippen molar-refractivity contribution in [2.75, 3.05) is 31.9 Å². The van der Waals surface area contributed by atoms with Crippen LogP contribution in [0, 0.1) is 0 Å². The topological polar surface area (TPSA) is 23.6 Å². The zero-order valence-corrected chi connectivity index (χ0v) is 15.5. The van der Waals surface area contributed by atoms with Gasteiger partial charge in [0.25, 0.3) is 0 Å². The van der Waals surface area contributed by atoms with Gasteiger partial charge in [0.05, 0.1) is 5.75 Å². The molecular formula is C21H26N2OS. The number of hydrogen-bond acceptors (Lipinski definition) is 3. The van der Waals surface area contributed by atoms with Crippen molar-refractivity contribution in [3.8, 4) is 0 Å². The Bertz CT molecular complexity index is 734. The molecule has 2 aromatic carbocycles. The highest BCUT2D eigenvalue weighted by atomic mass is 32.2. The summed E-state index contributed by atoms with van der Waals surface area (Å²) >= 11 is 1.66. The number of amides is 1. The lowest BCUT2D eigenvalue weighted by Crippen LogP contribution is -2.51. The molecule has 0 N–H and O–H groups in total. The highest BCUT2D eigenvalue weighted by molar-refractivity contribution is 8.00. The third kappa shape index (κ3) is 4.01. The molecular weight excluding hydrogens is 328 g/mol. The molecule has 2 fully saturated rings. The van der Waals surface area contributed by atoms with Gasteiger partial charge >= 0.3 is 0 Å². The highest BCUT2D eigenvalue weighted by Crippen LogP contribution is 2.26. The van der Waals surface area contributed by atoms with Crippen LogP contribution in [0.15, 0.2) is 47.4 Å². The number of rotatable bonds is 4. The van der Waals surface area contributed by atoms with E-state index >= 15 is 0 Å². The first-order valence-corrected chi connectivity index (χ1v) is 10.4. The second kappa shape index (κ2) is 7.79. The van der Waals surface area contributed by atoms with Crippen LogP contribution in [0.1, 0.15) is 25.7 Å². The molecule has 1 amide bonds. The van der Waals surface area contributed by atoms with Crippen LogP contribution in [0.4, 0.5) is 0 Å². The third-order valence-electron chi connectivity index (χ3n) is 5.59. The molecule has 1 aliphatic carbocycles. The monoisotopic (exact) mass is 354 g/mol. The van der Waals surface area contributed by atoms with Crippen LogP contribution in [0.3, 0.4) is 0 Å². The fraction of sp³-hybridized carbons (Fsp3) is 0.476. The summed E-state index contributed by atoms with van der Waals surface area (Å²) in [5, 5.41) is 2.49. The Balaban J connectivity index is 1.28. The van der Waals surface area contributed by atoms with Gasteiger partial charge < -0.3 is 4.90 Å². The second-order valence-corrected chi connectivity index (χ2v) is 8.20. The Morgan fingerprint density at radius 2 is 1.68 bits per heavy atom. The lowest BCUT2D eigenvalue weighted by Gasteiger charge is -2.38. The number of fused-ring (bicyclic) bond motifs is 1. The summed E-state index contributed by atoms with van der Waals surface area (Å²) in [4.78, 5) is 18.4. The van der Waals surface area contributed by atoms with Gasteiger partial charge in [0, 0.05) is 37.1 Å². The van der Waals surface area contributed by atoms with Crippen molar-refractivity contribution in [1.82, 2.24) is 9.80 Å². The van der Waals surface area contributed by atoms with E-state index in [0.29, 0.717) is 5.75 Å². The van der Waals surface area contributed by atoms with E-state index in [1.807, 2.05) is 0 Å². The van der Waals surface area contributed by atoms with Gasteiger partial charge in [-0.25, -0.2) is 0 Å². The van der Waals surface area contributed by atoms with Crippen LogP contribution in [0.25, 0.3) is 10.8 Å². The first kappa shape index (κ1) is 16.9. The molecule has 1 saturated heterocycles. The van der Waals surface area contributed by atoms with E-state index in [1.165, 1.54) is 41.4 Å². The van der Waals surface area contributed by atoms with E-state index in [9.17, 15) is 4.79 Å². The highest BCUT2D eigenvalue weighted by Gasteiger charge is 2.27. The molecule has 1 heterocycles. The van der Waals surface area contributed by atoms with Gasteiger partial charge in [0.2, 0.25) is 5.91 Å². The molecule has 0 bridgehead atoms. The standard InChI is InChI=1S/C21H26N2OS/c24-21(23-13-11-22(12-14-23)19-7-3-4-8-19)16-25-20-10-9-17-5-1-2-6-18(17)15-20/h1-2,5-6,9-10,15,19H,3-4,7-8,11-14,16H2. The quantitative estimate of drug-likeness (QED) is 0.775. The Labute approximate surface area is 154 Å². The molecule has 0 aromatic heterocycles. The first-order valence-electron chi connectivity index (χ1n) is 9.43. The normalized spacial score (nSPS) is 19.6. The van der Waals surface area contributed by atoms with Crippen molar-refractivity contribution < 1.29 is 4.79 Å². The van der Waals surface area contributed by atoms with Crippen molar-refractivity contribution in [2.24, 2.45) is 0 Å². The molecule has 4 rings (SSSR count). The summed E-state index contributed by atoms with van der Waals surface area (Å²) in [6, 6.07) is 15.6. The van der Waals surface area contributed by atoms with Crippen molar-refractivity contribution in [3.63, 3.8) is 0 Å². The number of carbonyl (C=O) groups excluding carboxylic acids is 1. The van der Waals surface area contributed by atoms with Gasteiger partial charge in [0.1, 0.15) is 0 Å². The smallest absolute Gasteiger partial charge is 0.233 e. The molecule has 0 atom stereocenters. The van der Waals surface area contributed by atoms with Crippen LogP contribution >= 0.6 is 11.8 Å². The number of thioether (sulfide) groups is 1. The van der Waals surface area contributed by atoms with Gasteiger partial charge in [-0.2, -0.15) is 0 Å². The van der Waals surface area contributed by atoms with Crippen LogP contribution in [-0.4, -0.2) is 53.7 Å². The maximum Gasteiger partial charge on any atom is 0.233 e. The van der Waals surface area contributed by atoms with Gasteiger partial charge in [-0.15, -0.1) is 11.8 Å². The SMILES string of the molecule is O=C(CSc1ccc2ccccc2c1)N1CCN(C2CCCC2)CC1. The first-order chi connectivity index (χ1) is 12.3. The Morgan fingerprint density at radius 1 is 0.960 bits per heavy atom. The maximum absolute atomic E-state index is 12.5. The molecule has 25 heavy (non-hydrogen) atoms. The van der Waals surface area contributed by atoms with E-state index in [0.717, 1.165) is 32.2 Å². The van der Waals surface area contributed by atoms with Crippen molar-refractivity contribution in [2.45, 2.75) is 36.6 Å². The van der Waals surface area contributed by atoms with Crippen LogP contribution in [-0.2, 0) is 4.79 Å². The molecule has 0 radical (unpaired) electrons. The Hall–Kier alpha value is -1.52. The lowest BCUT2D eigenvalue weighted by molar-refractivity contribution is -0.130. The second-order valence-electron chi connectivity index (χ2n) is 7.15. The van der Waals surface area contributed by atoms with Crippen molar-refractivity contribution in [3.05, 3.63) is 42.5 Å². The Morgan fingerprint density at radius 3 is 2.44 bits per heavy atom. The zero-order valence-electron chi connectivity index (χ0n) is 14.7. The predicted molar refractivity (Wildman–Crippen MR) is 105 cm³/mol.